The smallest absolute Gasteiger partial charge is 0.231 e. The molecular weight excluding hydrogens is 270 g/mol. The highest BCUT2D eigenvalue weighted by Crippen LogP contribution is 2.14. The summed E-state index contributed by atoms with van der Waals surface area (Å²) in [7, 11) is 0. The first-order valence-corrected chi connectivity index (χ1v) is 5.71. The lowest BCUT2D eigenvalue weighted by Crippen LogP contribution is -2.24. The van der Waals surface area contributed by atoms with Gasteiger partial charge in [0.15, 0.2) is 0 Å². The maximum absolute atomic E-state index is 10.9. The molecule has 0 saturated carbocycles. The molecule has 1 amide bonds. The van der Waals surface area contributed by atoms with Gasteiger partial charge in [-0.1, -0.05) is 22.0 Å². The number of nitrogens with two attached hydrogens (primary N) is 1. The van der Waals surface area contributed by atoms with E-state index in [-0.39, 0.29) is 10.7 Å². The summed E-state index contributed by atoms with van der Waals surface area (Å²) >= 11 is 3.23. The van der Waals surface area contributed by atoms with Crippen molar-refractivity contribution in [3.05, 3.63) is 36.2 Å². The number of benzene rings is 1. The first-order chi connectivity index (χ1) is 7.66. The monoisotopic (exact) mass is 279 g/mol. The number of fused-ring (bicyclic) bond motifs is 1. The molecule has 1 heterocycles. The average molecular weight is 280 g/mol. The predicted molar refractivity (Wildman–Crippen MR) is 65.2 cm³/mol. The zero-order valence-electron chi connectivity index (χ0n) is 8.43. The molecule has 5 heteroatoms. The molecule has 1 unspecified atom stereocenters. The van der Waals surface area contributed by atoms with E-state index in [1.165, 1.54) is 0 Å². The zero-order chi connectivity index (χ0) is 11.5. The van der Waals surface area contributed by atoms with Crippen molar-refractivity contribution in [2.75, 3.05) is 0 Å². The Bertz CT molecular complexity index is 529. The van der Waals surface area contributed by atoms with E-state index in [9.17, 15) is 4.79 Å². The zero-order valence-corrected chi connectivity index (χ0v) is 10.0. The van der Waals surface area contributed by atoms with Crippen LogP contribution in [0.3, 0.4) is 0 Å². The molecule has 4 nitrogen and oxygen atoms in total. The fourth-order valence-corrected chi connectivity index (χ4v) is 1.82. The lowest BCUT2D eigenvalue weighted by Gasteiger charge is -2.06. The van der Waals surface area contributed by atoms with Crippen molar-refractivity contribution >= 4 is 32.9 Å². The molecule has 1 atom stereocenters. The molecule has 82 valence electrons. The topological polar surface area (TPSA) is 68.9 Å². The molecule has 0 aliphatic carbocycles. The fraction of sp³-hybridized carbons (Fsp3) is 0.182. The Kier molecular flexibility index (Phi) is 3.14. The van der Waals surface area contributed by atoms with Crippen LogP contribution in [0.15, 0.2) is 30.6 Å². The van der Waals surface area contributed by atoms with Gasteiger partial charge in [0.25, 0.3) is 0 Å². The summed E-state index contributed by atoms with van der Waals surface area (Å²) < 4.78 is 0. The molecule has 2 N–H and O–H groups in total. The summed E-state index contributed by atoms with van der Waals surface area (Å²) in [4.78, 5) is 18.9. The van der Waals surface area contributed by atoms with E-state index >= 15 is 0 Å². The summed E-state index contributed by atoms with van der Waals surface area (Å²) in [5.41, 5.74) is 7.86. The number of nitrogens with zero attached hydrogens (tertiary/aromatic N) is 2. The first-order valence-electron chi connectivity index (χ1n) is 4.80. The predicted octanol–water partition coefficient (Wildman–Crippen LogP) is 1.42. The highest BCUT2D eigenvalue weighted by atomic mass is 79.9. The van der Waals surface area contributed by atoms with Crippen LogP contribution in [0.25, 0.3) is 11.0 Å². The van der Waals surface area contributed by atoms with Gasteiger partial charge in [-0.3, -0.25) is 14.8 Å². The maximum atomic E-state index is 10.9. The van der Waals surface area contributed by atoms with Crippen LogP contribution in [-0.2, 0) is 11.2 Å². The molecule has 0 bridgehead atoms. The van der Waals surface area contributed by atoms with Crippen molar-refractivity contribution in [2.24, 2.45) is 5.73 Å². The van der Waals surface area contributed by atoms with Gasteiger partial charge < -0.3 is 5.73 Å². The number of amides is 1. The normalized spacial score (nSPS) is 12.6. The molecule has 0 aliphatic heterocycles. The molecular formula is C11H10BrN3O. The van der Waals surface area contributed by atoms with Crippen molar-refractivity contribution in [2.45, 2.75) is 11.2 Å². The summed E-state index contributed by atoms with van der Waals surface area (Å²) in [5.74, 6) is -0.362. The van der Waals surface area contributed by atoms with Crippen LogP contribution in [0.4, 0.5) is 0 Å². The number of hydrogen-bond acceptors (Lipinski definition) is 3. The number of hydrogen-bond donors (Lipinski definition) is 1. The summed E-state index contributed by atoms with van der Waals surface area (Å²) in [6.45, 7) is 0. The minimum Gasteiger partial charge on any atom is -0.369 e. The van der Waals surface area contributed by atoms with Gasteiger partial charge in [-0.05, 0) is 24.1 Å². The first kappa shape index (κ1) is 11.0. The third-order valence-electron chi connectivity index (χ3n) is 2.26. The highest BCUT2D eigenvalue weighted by Gasteiger charge is 2.11. The number of carbonyl (C=O) groups excluding carboxylic acids is 1. The maximum Gasteiger partial charge on any atom is 0.231 e. The molecule has 0 fully saturated rings. The Hall–Kier alpha value is -1.49. The van der Waals surface area contributed by atoms with Gasteiger partial charge in [0.2, 0.25) is 5.91 Å². The largest absolute Gasteiger partial charge is 0.369 e. The van der Waals surface area contributed by atoms with Gasteiger partial charge in [-0.25, -0.2) is 0 Å². The molecule has 0 radical (unpaired) electrons. The molecule has 0 saturated heterocycles. The molecule has 2 aromatic rings. The lowest BCUT2D eigenvalue weighted by molar-refractivity contribution is -0.117. The average Bonchev–Trinajstić information content (AvgIpc) is 2.28. The van der Waals surface area contributed by atoms with E-state index in [0.717, 1.165) is 16.6 Å². The fourth-order valence-electron chi connectivity index (χ4n) is 1.44. The van der Waals surface area contributed by atoms with Crippen LogP contribution in [0.2, 0.25) is 0 Å². The second kappa shape index (κ2) is 4.57. The number of halogens is 1. The van der Waals surface area contributed by atoms with Crippen molar-refractivity contribution in [3.8, 4) is 0 Å². The Morgan fingerprint density at radius 2 is 2.00 bits per heavy atom. The van der Waals surface area contributed by atoms with Crippen LogP contribution in [0.1, 0.15) is 5.56 Å². The van der Waals surface area contributed by atoms with E-state index in [2.05, 4.69) is 25.9 Å². The third kappa shape index (κ3) is 2.36. The summed E-state index contributed by atoms with van der Waals surface area (Å²) in [5, 5.41) is 0. The minimum absolute atomic E-state index is 0.346. The van der Waals surface area contributed by atoms with Gasteiger partial charge >= 0.3 is 0 Å². The minimum atomic E-state index is -0.362. The third-order valence-corrected chi connectivity index (χ3v) is 3.03. The molecule has 1 aromatic carbocycles. The van der Waals surface area contributed by atoms with E-state index in [1.54, 1.807) is 12.4 Å². The van der Waals surface area contributed by atoms with Crippen LogP contribution in [-0.4, -0.2) is 20.7 Å². The van der Waals surface area contributed by atoms with Crippen LogP contribution < -0.4 is 5.73 Å². The van der Waals surface area contributed by atoms with Crippen molar-refractivity contribution < 1.29 is 4.79 Å². The number of aromatic nitrogens is 2. The summed E-state index contributed by atoms with van der Waals surface area (Å²) in [6.07, 6.45) is 3.85. The van der Waals surface area contributed by atoms with Crippen molar-refractivity contribution in [1.29, 1.82) is 0 Å². The standard InChI is InChI=1S/C11H10BrN3O/c12-8(11(13)16)5-7-1-2-9-10(6-7)15-4-3-14-9/h1-4,6,8H,5H2,(H2,13,16). The molecule has 0 aliphatic rings. The van der Waals surface area contributed by atoms with Gasteiger partial charge in [0, 0.05) is 12.4 Å². The number of primary amides is 1. The second-order valence-electron chi connectivity index (χ2n) is 3.45. The molecule has 0 spiro atoms. The van der Waals surface area contributed by atoms with Gasteiger partial charge in [-0.15, -0.1) is 0 Å². The van der Waals surface area contributed by atoms with Crippen LogP contribution in [0, 0.1) is 0 Å². The number of carbonyl (C=O) groups is 1. The number of alkyl halides is 1. The summed E-state index contributed by atoms with van der Waals surface area (Å²) in [6, 6.07) is 5.73. The highest BCUT2D eigenvalue weighted by molar-refractivity contribution is 9.10. The Balaban J connectivity index is 2.29. The van der Waals surface area contributed by atoms with Crippen LogP contribution in [0.5, 0.6) is 0 Å². The van der Waals surface area contributed by atoms with E-state index < -0.39 is 0 Å². The molecule has 2 rings (SSSR count). The Morgan fingerprint density at radius 3 is 2.69 bits per heavy atom. The Labute approximate surface area is 101 Å². The van der Waals surface area contributed by atoms with Gasteiger partial charge in [0.05, 0.1) is 15.9 Å². The molecule has 16 heavy (non-hydrogen) atoms. The van der Waals surface area contributed by atoms with E-state index in [1.807, 2.05) is 18.2 Å². The Morgan fingerprint density at radius 1 is 1.31 bits per heavy atom. The lowest BCUT2D eigenvalue weighted by atomic mass is 10.1. The van der Waals surface area contributed by atoms with E-state index in [0.29, 0.717) is 6.42 Å². The quantitative estimate of drug-likeness (QED) is 0.864. The van der Waals surface area contributed by atoms with Crippen LogP contribution >= 0.6 is 15.9 Å². The van der Waals surface area contributed by atoms with Gasteiger partial charge in [-0.2, -0.15) is 0 Å². The number of rotatable bonds is 3. The van der Waals surface area contributed by atoms with Crippen molar-refractivity contribution in [3.63, 3.8) is 0 Å². The van der Waals surface area contributed by atoms with Gasteiger partial charge in [0.1, 0.15) is 0 Å². The second-order valence-corrected chi connectivity index (χ2v) is 4.56. The molecule has 1 aromatic heterocycles. The van der Waals surface area contributed by atoms with Crippen molar-refractivity contribution in [1.82, 2.24) is 9.97 Å². The SMILES string of the molecule is NC(=O)C(Br)Cc1ccc2nccnc2c1. The van der Waals surface area contributed by atoms with E-state index in [4.69, 9.17) is 5.73 Å².